The van der Waals surface area contributed by atoms with Crippen LogP contribution in [0.1, 0.15) is 31.7 Å². The molecule has 0 aliphatic carbocycles. The summed E-state index contributed by atoms with van der Waals surface area (Å²) in [7, 11) is 0. The maximum atomic E-state index is 13.0. The third kappa shape index (κ3) is 3.88. The number of rotatable bonds is 5. The Labute approximate surface area is 155 Å². The van der Waals surface area contributed by atoms with Crippen LogP contribution < -0.4 is 10.6 Å². The number of benzene rings is 1. The molecular weight excluding hydrogens is 338 g/mol. The number of hydrogen-bond donors (Lipinski definition) is 2. The number of hydrogen-bond acceptors (Lipinski definition) is 3. The van der Waals surface area contributed by atoms with Crippen molar-refractivity contribution < 1.29 is 9.59 Å². The van der Waals surface area contributed by atoms with Gasteiger partial charge in [0.05, 0.1) is 0 Å². The first-order valence-electron chi connectivity index (χ1n) is 8.74. The van der Waals surface area contributed by atoms with Crippen molar-refractivity contribution in [2.45, 2.75) is 31.7 Å². The molecule has 0 aromatic heterocycles. The Hall–Kier alpha value is -1.85. The Kier molecular flexibility index (Phi) is 6.62. The summed E-state index contributed by atoms with van der Waals surface area (Å²) >= 11 is 0. The molecule has 1 atom stereocenters. The van der Waals surface area contributed by atoms with Gasteiger partial charge in [-0.05, 0) is 43.8 Å². The molecule has 2 aliphatic rings. The smallest absolute Gasteiger partial charge is 0.323 e. The van der Waals surface area contributed by atoms with Gasteiger partial charge in [-0.3, -0.25) is 9.69 Å². The summed E-state index contributed by atoms with van der Waals surface area (Å²) in [5, 5.41) is 6.33. The SMILES string of the molecule is CCC1(C2CCNCC2)NC(=O)N(C/C=C/c2ccccc2)C1=O.Cl. The summed E-state index contributed by atoms with van der Waals surface area (Å²) in [6, 6.07) is 9.61. The normalized spacial score (nSPS) is 24.4. The van der Waals surface area contributed by atoms with Gasteiger partial charge < -0.3 is 10.6 Å². The predicted octanol–water partition coefficient (Wildman–Crippen LogP) is 2.82. The van der Waals surface area contributed by atoms with E-state index in [1.165, 1.54) is 4.90 Å². The average molecular weight is 364 g/mol. The van der Waals surface area contributed by atoms with E-state index >= 15 is 0 Å². The largest absolute Gasteiger partial charge is 0.325 e. The molecule has 2 N–H and O–H groups in total. The lowest BCUT2D eigenvalue weighted by molar-refractivity contribution is -0.133. The topological polar surface area (TPSA) is 61.4 Å². The van der Waals surface area contributed by atoms with E-state index in [1.54, 1.807) is 0 Å². The van der Waals surface area contributed by atoms with E-state index in [-0.39, 0.29) is 30.3 Å². The molecule has 3 rings (SSSR count). The summed E-state index contributed by atoms with van der Waals surface area (Å²) in [5.74, 6) is 0.142. The van der Waals surface area contributed by atoms with Gasteiger partial charge in [0.2, 0.25) is 0 Å². The molecule has 6 heteroatoms. The van der Waals surface area contributed by atoms with Crippen LogP contribution in [-0.2, 0) is 4.79 Å². The molecule has 2 saturated heterocycles. The van der Waals surface area contributed by atoms with Crippen molar-refractivity contribution in [3.8, 4) is 0 Å². The molecule has 0 bridgehead atoms. The quantitative estimate of drug-likeness (QED) is 0.791. The highest BCUT2D eigenvalue weighted by Crippen LogP contribution is 2.34. The van der Waals surface area contributed by atoms with Crippen LogP contribution in [0.2, 0.25) is 0 Å². The van der Waals surface area contributed by atoms with Crippen molar-refractivity contribution in [3.63, 3.8) is 0 Å². The van der Waals surface area contributed by atoms with Crippen molar-refractivity contribution in [2.75, 3.05) is 19.6 Å². The first-order valence-corrected chi connectivity index (χ1v) is 8.74. The summed E-state index contributed by atoms with van der Waals surface area (Å²) in [6.45, 7) is 4.11. The number of nitrogens with one attached hydrogen (secondary N) is 2. The Morgan fingerprint density at radius 3 is 2.52 bits per heavy atom. The zero-order valence-electron chi connectivity index (χ0n) is 14.5. The number of carbonyl (C=O) groups excluding carboxylic acids is 2. The van der Waals surface area contributed by atoms with Crippen LogP contribution in [0.15, 0.2) is 36.4 Å². The number of amides is 3. The number of piperidine rings is 1. The average Bonchev–Trinajstić information content (AvgIpc) is 2.88. The number of imide groups is 1. The van der Waals surface area contributed by atoms with Crippen LogP contribution in [0.3, 0.4) is 0 Å². The van der Waals surface area contributed by atoms with Gasteiger partial charge in [-0.15, -0.1) is 12.4 Å². The fourth-order valence-corrected chi connectivity index (χ4v) is 3.79. The molecule has 25 heavy (non-hydrogen) atoms. The lowest BCUT2D eigenvalue weighted by atomic mass is 9.76. The van der Waals surface area contributed by atoms with Crippen molar-refractivity contribution in [1.29, 1.82) is 0 Å². The first kappa shape index (κ1) is 19.5. The van der Waals surface area contributed by atoms with Gasteiger partial charge >= 0.3 is 6.03 Å². The lowest BCUT2D eigenvalue weighted by Gasteiger charge is -2.37. The van der Waals surface area contributed by atoms with Gasteiger partial charge in [0, 0.05) is 6.54 Å². The third-order valence-electron chi connectivity index (χ3n) is 5.19. The minimum Gasteiger partial charge on any atom is -0.323 e. The third-order valence-corrected chi connectivity index (χ3v) is 5.19. The van der Waals surface area contributed by atoms with Crippen LogP contribution in [0.25, 0.3) is 6.08 Å². The van der Waals surface area contributed by atoms with E-state index in [0.717, 1.165) is 31.5 Å². The fraction of sp³-hybridized carbons (Fsp3) is 0.474. The van der Waals surface area contributed by atoms with Gasteiger partial charge in [-0.25, -0.2) is 4.79 Å². The molecule has 5 nitrogen and oxygen atoms in total. The highest BCUT2D eigenvalue weighted by Gasteiger charge is 2.54. The van der Waals surface area contributed by atoms with Crippen molar-refractivity contribution >= 4 is 30.4 Å². The number of nitrogens with zero attached hydrogens (tertiary/aromatic N) is 1. The Balaban J connectivity index is 0.00000225. The Morgan fingerprint density at radius 2 is 1.88 bits per heavy atom. The first-order chi connectivity index (χ1) is 11.7. The molecule has 1 unspecified atom stereocenters. The van der Waals surface area contributed by atoms with Crippen LogP contribution >= 0.6 is 12.4 Å². The molecule has 2 aliphatic heterocycles. The second-order valence-electron chi connectivity index (χ2n) is 6.51. The maximum Gasteiger partial charge on any atom is 0.325 e. The van der Waals surface area contributed by atoms with E-state index in [4.69, 9.17) is 0 Å². The highest BCUT2D eigenvalue weighted by molar-refractivity contribution is 6.07. The summed E-state index contributed by atoms with van der Waals surface area (Å²) in [4.78, 5) is 26.7. The molecule has 3 amide bonds. The number of halogens is 1. The standard InChI is InChI=1S/C19H25N3O2.ClH/c1-2-19(16-10-12-20-13-11-16)17(23)22(18(24)21-19)14-6-9-15-7-4-3-5-8-15;/h3-9,16,20H,2,10-14H2,1H3,(H,21,24);1H/b9-6+;. The predicted molar refractivity (Wildman–Crippen MR) is 102 cm³/mol. The van der Waals surface area contributed by atoms with Crippen LogP contribution in [-0.4, -0.2) is 42.0 Å². The molecule has 1 aromatic carbocycles. The van der Waals surface area contributed by atoms with E-state index < -0.39 is 5.54 Å². The lowest BCUT2D eigenvalue weighted by Crippen LogP contribution is -2.55. The maximum absolute atomic E-state index is 13.0. The van der Waals surface area contributed by atoms with Crippen molar-refractivity contribution in [1.82, 2.24) is 15.5 Å². The minimum atomic E-state index is -0.722. The second-order valence-corrected chi connectivity index (χ2v) is 6.51. The van der Waals surface area contributed by atoms with Crippen molar-refractivity contribution in [3.05, 3.63) is 42.0 Å². The molecular formula is C19H26ClN3O2. The number of carbonyl (C=O) groups is 2. The minimum absolute atomic E-state index is 0. The molecule has 0 radical (unpaired) electrons. The monoisotopic (exact) mass is 363 g/mol. The fourth-order valence-electron chi connectivity index (χ4n) is 3.79. The Morgan fingerprint density at radius 1 is 1.20 bits per heavy atom. The van der Waals surface area contributed by atoms with E-state index in [1.807, 2.05) is 49.4 Å². The molecule has 0 spiro atoms. The Bertz CT molecular complexity index is 629. The van der Waals surface area contributed by atoms with Gasteiger partial charge in [-0.2, -0.15) is 0 Å². The van der Waals surface area contributed by atoms with Gasteiger partial charge in [-0.1, -0.05) is 49.4 Å². The van der Waals surface area contributed by atoms with E-state index in [9.17, 15) is 9.59 Å². The molecule has 136 valence electrons. The van der Waals surface area contributed by atoms with Crippen LogP contribution in [0, 0.1) is 5.92 Å². The van der Waals surface area contributed by atoms with Crippen LogP contribution in [0.5, 0.6) is 0 Å². The van der Waals surface area contributed by atoms with Crippen LogP contribution in [0.4, 0.5) is 4.79 Å². The molecule has 2 fully saturated rings. The van der Waals surface area contributed by atoms with Gasteiger partial charge in [0.1, 0.15) is 5.54 Å². The second kappa shape index (κ2) is 8.50. The molecule has 0 saturated carbocycles. The highest BCUT2D eigenvalue weighted by atomic mass is 35.5. The van der Waals surface area contributed by atoms with Gasteiger partial charge in [0.25, 0.3) is 5.91 Å². The zero-order chi connectivity index (χ0) is 17.0. The van der Waals surface area contributed by atoms with Gasteiger partial charge in [0.15, 0.2) is 0 Å². The number of urea groups is 1. The summed E-state index contributed by atoms with van der Waals surface area (Å²) in [5.41, 5.74) is 0.337. The van der Waals surface area contributed by atoms with Crippen molar-refractivity contribution in [2.24, 2.45) is 5.92 Å². The molecule has 1 aromatic rings. The van der Waals surface area contributed by atoms with E-state index in [0.29, 0.717) is 13.0 Å². The van der Waals surface area contributed by atoms with E-state index in [2.05, 4.69) is 10.6 Å². The zero-order valence-corrected chi connectivity index (χ0v) is 15.3. The molecule has 2 heterocycles. The summed E-state index contributed by atoms with van der Waals surface area (Å²) < 4.78 is 0. The summed E-state index contributed by atoms with van der Waals surface area (Å²) in [6.07, 6.45) is 6.31.